The molecule has 12 atom stereocenters. The Hall–Kier alpha value is -2.57. The van der Waals surface area contributed by atoms with E-state index in [0.29, 0.717) is 12.8 Å². The van der Waals surface area contributed by atoms with E-state index < -0.39 is 86.8 Å². The number of amides is 1. The maximum absolute atomic E-state index is 13.2. The van der Waals surface area contributed by atoms with E-state index in [1.165, 1.54) is 109 Å². The third-order valence-corrected chi connectivity index (χ3v) is 14.4. The van der Waals surface area contributed by atoms with Crippen molar-refractivity contribution in [3.63, 3.8) is 0 Å². The summed E-state index contributed by atoms with van der Waals surface area (Å²) < 4.78 is 22.8. The molecule has 2 aliphatic rings. The third kappa shape index (κ3) is 32.5. The van der Waals surface area contributed by atoms with Crippen molar-refractivity contribution >= 4 is 5.91 Å². The van der Waals surface area contributed by atoms with Gasteiger partial charge in [0.2, 0.25) is 5.91 Å². The molecule has 2 aliphatic heterocycles. The smallest absolute Gasteiger partial charge is 0.220 e. The zero-order chi connectivity index (χ0) is 55.3. The first-order valence-electron chi connectivity index (χ1n) is 30.2. The van der Waals surface area contributed by atoms with Gasteiger partial charge in [0, 0.05) is 6.42 Å². The van der Waals surface area contributed by atoms with Crippen molar-refractivity contribution in [2.75, 3.05) is 19.8 Å². The molecule has 2 rings (SSSR count). The van der Waals surface area contributed by atoms with Crippen molar-refractivity contribution in [2.45, 2.75) is 293 Å². The molecule has 76 heavy (non-hydrogen) atoms. The van der Waals surface area contributed by atoms with Crippen LogP contribution in [-0.4, -0.2) is 140 Å². The van der Waals surface area contributed by atoms with E-state index in [1.54, 1.807) is 6.08 Å². The van der Waals surface area contributed by atoms with Crippen LogP contribution in [0.25, 0.3) is 0 Å². The Morgan fingerprint density at radius 1 is 0.487 bits per heavy atom. The van der Waals surface area contributed by atoms with Crippen LogP contribution in [0.3, 0.4) is 0 Å². The summed E-state index contributed by atoms with van der Waals surface area (Å²) in [5.74, 6) is -0.265. The molecule has 0 bridgehead atoms. The molecule has 1 amide bonds. The minimum absolute atomic E-state index is 0.254. The van der Waals surface area contributed by atoms with Crippen molar-refractivity contribution in [2.24, 2.45) is 0 Å². The first kappa shape index (κ1) is 69.5. The number of ether oxygens (including phenoxy) is 4. The summed E-state index contributed by atoms with van der Waals surface area (Å²) in [6, 6.07) is -0.944. The van der Waals surface area contributed by atoms with Crippen molar-refractivity contribution in [1.29, 1.82) is 0 Å². The molecular weight excluding hydrogens is 967 g/mol. The molecule has 0 spiro atoms. The van der Waals surface area contributed by atoms with Gasteiger partial charge in [0.15, 0.2) is 12.6 Å². The largest absolute Gasteiger partial charge is 0.394 e. The Labute approximate surface area is 459 Å². The SMILES string of the molecule is CC/C=C\C/C=C\C/C=C\C/C=C\CCCCCCCCC(=O)NC(COC1OC(CO)C(OC2OC(CO)C(O)C(O)C2O)C(O)C1O)C(O)/C=C/CC/C=C/CCCCCCCCCCCCCCCCCCC. The summed E-state index contributed by atoms with van der Waals surface area (Å²) in [6.45, 7) is 2.66. The normalized spacial score (nSPS) is 25.4. The molecule has 0 saturated carbocycles. The monoisotopic (exact) mass is 1080 g/mol. The highest BCUT2D eigenvalue weighted by molar-refractivity contribution is 5.76. The standard InChI is InChI=1S/C62H109NO13/c1-3-5-7-9-11-13-15-17-19-21-23-24-25-26-28-29-31-33-35-37-39-41-43-45-51(66)50(63-54(67)46-44-42-40-38-36-34-32-30-27-22-20-18-16-14-12-10-8-6-4-2)49-73-61-59(72)57(70)60(53(48-65)75-61)76-62-58(71)56(69)55(68)52(47-64)74-62/h6,8,12,14,18,20,27,30,35,37,43,45,50-53,55-62,64-66,68-72H,3-5,7,9-11,13,15-17,19,21-26,28-29,31-34,36,38-42,44,46-49H2,1-2H3,(H,63,67)/b8-6-,14-12-,20-18-,30-27-,37-35+,45-43+. The van der Waals surface area contributed by atoms with Crippen LogP contribution in [0.15, 0.2) is 72.9 Å². The molecule has 0 radical (unpaired) electrons. The number of hydrogen-bond acceptors (Lipinski definition) is 13. The third-order valence-electron chi connectivity index (χ3n) is 14.4. The number of carbonyl (C=O) groups is 1. The molecule has 0 aliphatic carbocycles. The number of nitrogens with one attached hydrogen (secondary N) is 1. The number of rotatable bonds is 47. The van der Waals surface area contributed by atoms with Crippen LogP contribution in [0, 0.1) is 0 Å². The van der Waals surface area contributed by atoms with Gasteiger partial charge in [-0.3, -0.25) is 4.79 Å². The van der Waals surface area contributed by atoms with Gasteiger partial charge in [0.25, 0.3) is 0 Å². The predicted molar refractivity (Wildman–Crippen MR) is 304 cm³/mol. The summed E-state index contributed by atoms with van der Waals surface area (Å²) in [7, 11) is 0. The van der Waals surface area contributed by atoms with Gasteiger partial charge in [-0.25, -0.2) is 0 Å². The number of unbranched alkanes of at least 4 members (excludes halogenated alkanes) is 24. The molecule has 2 heterocycles. The number of carbonyl (C=O) groups excluding carboxylic acids is 1. The second-order valence-corrected chi connectivity index (χ2v) is 21.1. The van der Waals surface area contributed by atoms with Crippen LogP contribution in [0.5, 0.6) is 0 Å². The van der Waals surface area contributed by atoms with Crippen molar-refractivity contribution in [3.8, 4) is 0 Å². The second kappa shape index (κ2) is 47.3. The molecule has 14 heteroatoms. The summed E-state index contributed by atoms with van der Waals surface area (Å²) in [6.07, 6.45) is 45.1. The van der Waals surface area contributed by atoms with Gasteiger partial charge in [0.1, 0.15) is 48.8 Å². The number of allylic oxidation sites excluding steroid dienone is 11. The predicted octanol–water partition coefficient (Wildman–Crippen LogP) is 10.3. The van der Waals surface area contributed by atoms with Crippen molar-refractivity contribution < 1.29 is 64.6 Å². The fourth-order valence-corrected chi connectivity index (χ4v) is 9.53. The quantitative estimate of drug-likeness (QED) is 0.0204. The van der Waals surface area contributed by atoms with Crippen LogP contribution in [-0.2, 0) is 23.7 Å². The van der Waals surface area contributed by atoms with E-state index >= 15 is 0 Å². The van der Waals surface area contributed by atoms with Gasteiger partial charge in [-0.15, -0.1) is 0 Å². The van der Waals surface area contributed by atoms with Gasteiger partial charge >= 0.3 is 0 Å². The molecule has 440 valence electrons. The fraction of sp³-hybridized carbons (Fsp3) is 0.790. The van der Waals surface area contributed by atoms with Crippen LogP contribution in [0.1, 0.15) is 219 Å². The van der Waals surface area contributed by atoms with E-state index in [9.17, 15) is 45.6 Å². The Morgan fingerprint density at radius 3 is 1.45 bits per heavy atom. The summed E-state index contributed by atoms with van der Waals surface area (Å²) in [5, 5.41) is 87.1. The first-order valence-corrected chi connectivity index (χ1v) is 30.2. The Kier molecular flexibility index (Phi) is 43.2. The van der Waals surface area contributed by atoms with Gasteiger partial charge in [0.05, 0.1) is 32.0 Å². The van der Waals surface area contributed by atoms with Gasteiger partial charge in [-0.1, -0.05) is 215 Å². The highest BCUT2D eigenvalue weighted by Gasteiger charge is 2.51. The maximum atomic E-state index is 13.2. The lowest BCUT2D eigenvalue weighted by Crippen LogP contribution is -2.65. The minimum atomic E-state index is -1.80. The minimum Gasteiger partial charge on any atom is -0.394 e. The van der Waals surface area contributed by atoms with Gasteiger partial charge in [-0.05, 0) is 70.6 Å². The highest BCUT2D eigenvalue weighted by atomic mass is 16.7. The first-order chi connectivity index (χ1) is 37.1. The second-order valence-electron chi connectivity index (χ2n) is 21.1. The lowest BCUT2D eigenvalue weighted by Gasteiger charge is -2.46. The van der Waals surface area contributed by atoms with E-state index in [1.807, 2.05) is 6.08 Å². The lowest BCUT2D eigenvalue weighted by atomic mass is 9.97. The number of aliphatic hydroxyl groups is 8. The Bertz CT molecular complexity index is 1550. The van der Waals surface area contributed by atoms with Crippen LogP contribution in [0.2, 0.25) is 0 Å². The molecule has 0 aromatic carbocycles. The van der Waals surface area contributed by atoms with E-state index in [4.69, 9.17) is 18.9 Å². The van der Waals surface area contributed by atoms with Gasteiger partial charge < -0.3 is 65.1 Å². The number of hydrogen-bond donors (Lipinski definition) is 9. The fourth-order valence-electron chi connectivity index (χ4n) is 9.53. The van der Waals surface area contributed by atoms with Crippen molar-refractivity contribution in [1.82, 2.24) is 5.32 Å². The van der Waals surface area contributed by atoms with Gasteiger partial charge in [-0.2, -0.15) is 0 Å². The van der Waals surface area contributed by atoms with E-state index in [-0.39, 0.29) is 18.9 Å². The number of aliphatic hydroxyl groups excluding tert-OH is 8. The van der Waals surface area contributed by atoms with Crippen LogP contribution >= 0.6 is 0 Å². The lowest BCUT2D eigenvalue weighted by molar-refractivity contribution is -0.359. The molecule has 2 fully saturated rings. The molecule has 0 aromatic heterocycles. The summed E-state index contributed by atoms with van der Waals surface area (Å²) in [4.78, 5) is 13.2. The average molecular weight is 1080 g/mol. The van der Waals surface area contributed by atoms with Crippen LogP contribution < -0.4 is 5.32 Å². The van der Waals surface area contributed by atoms with Crippen molar-refractivity contribution in [3.05, 3.63) is 72.9 Å². The summed E-state index contributed by atoms with van der Waals surface area (Å²) in [5.41, 5.74) is 0. The average Bonchev–Trinajstić information content (AvgIpc) is 3.42. The summed E-state index contributed by atoms with van der Waals surface area (Å²) >= 11 is 0. The topological polar surface area (TPSA) is 228 Å². The van der Waals surface area contributed by atoms with E-state index in [2.05, 4.69) is 79.9 Å². The molecule has 12 unspecified atom stereocenters. The maximum Gasteiger partial charge on any atom is 0.220 e. The molecule has 2 saturated heterocycles. The highest BCUT2D eigenvalue weighted by Crippen LogP contribution is 2.30. The Balaban J connectivity index is 1.79. The molecule has 14 nitrogen and oxygen atoms in total. The van der Waals surface area contributed by atoms with E-state index in [0.717, 1.165) is 77.0 Å². The Morgan fingerprint density at radius 2 is 0.921 bits per heavy atom. The molecule has 0 aromatic rings. The molecular formula is C62H109NO13. The van der Waals surface area contributed by atoms with Crippen LogP contribution in [0.4, 0.5) is 0 Å². The molecule has 9 N–H and O–H groups in total. The zero-order valence-electron chi connectivity index (χ0n) is 47.2. The zero-order valence-corrected chi connectivity index (χ0v) is 47.2.